The summed E-state index contributed by atoms with van der Waals surface area (Å²) in [5, 5.41) is 6.62. The second kappa shape index (κ2) is 5.53. The van der Waals surface area contributed by atoms with Gasteiger partial charge in [-0.3, -0.25) is 0 Å². The van der Waals surface area contributed by atoms with E-state index in [1.54, 1.807) is 11.3 Å². The van der Waals surface area contributed by atoms with Crippen LogP contribution in [0.15, 0.2) is 5.38 Å². The molecule has 0 aromatic carbocycles. The molecule has 0 radical (unpaired) electrons. The van der Waals surface area contributed by atoms with Crippen LogP contribution >= 0.6 is 22.9 Å². The summed E-state index contributed by atoms with van der Waals surface area (Å²) < 4.78 is 0. The fraction of sp³-hybridized carbons (Fsp3) is 0.667. The average molecular weight is 234 g/mol. The number of anilines is 1. The number of rotatable bonds is 5. The zero-order chi connectivity index (χ0) is 10.6. The smallest absolute Gasteiger partial charge is 0.184 e. The van der Waals surface area contributed by atoms with Crippen LogP contribution in [-0.4, -0.2) is 36.6 Å². The van der Waals surface area contributed by atoms with Crippen LogP contribution in [0.5, 0.6) is 0 Å². The van der Waals surface area contributed by atoms with Gasteiger partial charge in [-0.05, 0) is 34.0 Å². The van der Waals surface area contributed by atoms with E-state index in [0.717, 1.165) is 18.1 Å². The van der Waals surface area contributed by atoms with Crippen molar-refractivity contribution < 1.29 is 0 Å². The maximum Gasteiger partial charge on any atom is 0.184 e. The molecule has 0 saturated heterocycles. The summed E-state index contributed by atoms with van der Waals surface area (Å²) in [6.07, 6.45) is 1.10. The highest BCUT2D eigenvalue weighted by Gasteiger charge is 2.05. The topological polar surface area (TPSA) is 28.2 Å². The Morgan fingerprint density at radius 2 is 2.36 bits per heavy atom. The molecule has 0 bridgehead atoms. The Bertz CT molecular complexity index is 275. The highest BCUT2D eigenvalue weighted by atomic mass is 35.5. The van der Waals surface area contributed by atoms with E-state index < -0.39 is 0 Å². The van der Waals surface area contributed by atoms with Gasteiger partial charge in [0, 0.05) is 11.4 Å². The first-order valence-electron chi connectivity index (χ1n) is 4.60. The Morgan fingerprint density at radius 3 is 2.86 bits per heavy atom. The van der Waals surface area contributed by atoms with Crippen LogP contribution in [0.2, 0.25) is 5.15 Å². The first-order chi connectivity index (χ1) is 6.58. The van der Waals surface area contributed by atoms with Gasteiger partial charge in [-0.25, -0.2) is 4.98 Å². The van der Waals surface area contributed by atoms with Crippen molar-refractivity contribution in [3.8, 4) is 0 Å². The molecule has 0 saturated carbocycles. The number of aromatic nitrogens is 1. The molecule has 0 amide bonds. The van der Waals surface area contributed by atoms with Crippen molar-refractivity contribution in [3.05, 3.63) is 10.5 Å². The molecule has 5 heteroatoms. The van der Waals surface area contributed by atoms with Crippen LogP contribution in [0.3, 0.4) is 0 Å². The van der Waals surface area contributed by atoms with Crippen LogP contribution in [-0.2, 0) is 0 Å². The molecule has 0 spiro atoms. The van der Waals surface area contributed by atoms with Crippen molar-refractivity contribution in [2.45, 2.75) is 19.4 Å². The molecular weight excluding hydrogens is 218 g/mol. The Balaban J connectivity index is 2.30. The average Bonchev–Trinajstić information content (AvgIpc) is 2.48. The summed E-state index contributed by atoms with van der Waals surface area (Å²) in [6.45, 7) is 3.23. The van der Waals surface area contributed by atoms with Gasteiger partial charge < -0.3 is 10.2 Å². The van der Waals surface area contributed by atoms with Gasteiger partial charge >= 0.3 is 0 Å². The van der Waals surface area contributed by atoms with E-state index in [4.69, 9.17) is 11.6 Å². The van der Waals surface area contributed by atoms with Crippen molar-refractivity contribution in [2.24, 2.45) is 0 Å². The Kier molecular flexibility index (Phi) is 4.65. The number of thiazole rings is 1. The SMILES string of the molecule is CC(CCN(C)C)Nc1nc(Cl)cs1. The first-order valence-corrected chi connectivity index (χ1v) is 5.86. The van der Waals surface area contributed by atoms with E-state index in [9.17, 15) is 0 Å². The molecular formula is C9H16ClN3S. The fourth-order valence-electron chi connectivity index (χ4n) is 1.06. The van der Waals surface area contributed by atoms with Gasteiger partial charge in [0.2, 0.25) is 0 Å². The van der Waals surface area contributed by atoms with Gasteiger partial charge in [0.15, 0.2) is 5.13 Å². The number of nitrogens with one attached hydrogen (secondary N) is 1. The lowest BCUT2D eigenvalue weighted by Crippen LogP contribution is -2.22. The number of hydrogen-bond acceptors (Lipinski definition) is 4. The zero-order valence-electron chi connectivity index (χ0n) is 8.75. The van der Waals surface area contributed by atoms with Gasteiger partial charge in [-0.15, -0.1) is 11.3 Å². The third-order valence-corrected chi connectivity index (χ3v) is 2.95. The molecule has 14 heavy (non-hydrogen) atoms. The van der Waals surface area contributed by atoms with Crippen molar-refractivity contribution in [2.75, 3.05) is 26.0 Å². The van der Waals surface area contributed by atoms with Gasteiger partial charge in [-0.1, -0.05) is 11.6 Å². The quantitative estimate of drug-likeness (QED) is 0.847. The molecule has 1 aromatic heterocycles. The van der Waals surface area contributed by atoms with Crippen molar-refractivity contribution >= 4 is 28.1 Å². The highest BCUT2D eigenvalue weighted by Crippen LogP contribution is 2.19. The van der Waals surface area contributed by atoms with Crippen LogP contribution in [0.25, 0.3) is 0 Å². The lowest BCUT2D eigenvalue weighted by atomic mass is 10.2. The standard InChI is InChI=1S/C9H16ClN3S/c1-7(4-5-13(2)3)11-9-12-8(10)6-14-9/h6-7H,4-5H2,1-3H3,(H,11,12). The summed E-state index contributed by atoms with van der Waals surface area (Å²) >= 11 is 7.27. The normalized spacial score (nSPS) is 13.2. The molecule has 1 unspecified atom stereocenters. The number of halogens is 1. The molecule has 1 N–H and O–H groups in total. The molecule has 80 valence electrons. The van der Waals surface area contributed by atoms with Crippen molar-refractivity contribution in [3.63, 3.8) is 0 Å². The Morgan fingerprint density at radius 1 is 1.64 bits per heavy atom. The molecule has 3 nitrogen and oxygen atoms in total. The number of nitrogens with zero attached hydrogens (tertiary/aromatic N) is 2. The fourth-order valence-corrected chi connectivity index (χ4v) is 2.01. The predicted octanol–water partition coefficient (Wildman–Crippen LogP) is 2.55. The maximum atomic E-state index is 5.72. The largest absolute Gasteiger partial charge is 0.359 e. The third kappa shape index (κ3) is 4.26. The highest BCUT2D eigenvalue weighted by molar-refractivity contribution is 7.14. The molecule has 0 fully saturated rings. The summed E-state index contributed by atoms with van der Waals surface area (Å²) in [6, 6.07) is 0.430. The third-order valence-electron chi connectivity index (χ3n) is 1.86. The van der Waals surface area contributed by atoms with Gasteiger partial charge in [0.05, 0.1) is 0 Å². The van der Waals surface area contributed by atoms with Gasteiger partial charge in [-0.2, -0.15) is 0 Å². The van der Waals surface area contributed by atoms with Crippen molar-refractivity contribution in [1.82, 2.24) is 9.88 Å². The maximum absolute atomic E-state index is 5.72. The summed E-state index contributed by atoms with van der Waals surface area (Å²) in [5.41, 5.74) is 0. The summed E-state index contributed by atoms with van der Waals surface area (Å²) in [5.74, 6) is 0. The lowest BCUT2D eigenvalue weighted by molar-refractivity contribution is 0.390. The molecule has 0 aliphatic rings. The second-order valence-electron chi connectivity index (χ2n) is 3.61. The minimum Gasteiger partial charge on any atom is -0.359 e. The summed E-state index contributed by atoms with van der Waals surface area (Å²) in [7, 11) is 4.15. The van der Waals surface area contributed by atoms with Gasteiger partial charge in [0.25, 0.3) is 0 Å². The molecule has 0 aliphatic carbocycles. The Labute approximate surface area is 94.1 Å². The molecule has 1 atom stereocenters. The first kappa shape index (κ1) is 11.8. The molecule has 1 rings (SSSR count). The van der Waals surface area contributed by atoms with Gasteiger partial charge in [0.1, 0.15) is 5.15 Å². The van der Waals surface area contributed by atoms with Crippen LogP contribution < -0.4 is 5.32 Å². The van der Waals surface area contributed by atoms with E-state index in [-0.39, 0.29) is 0 Å². The predicted molar refractivity (Wildman–Crippen MR) is 63.4 cm³/mol. The van der Waals surface area contributed by atoms with E-state index in [2.05, 4.69) is 36.2 Å². The Hall–Kier alpha value is -0.320. The van der Waals surface area contributed by atoms with E-state index in [1.165, 1.54) is 0 Å². The number of hydrogen-bond donors (Lipinski definition) is 1. The second-order valence-corrected chi connectivity index (χ2v) is 4.86. The van der Waals surface area contributed by atoms with E-state index in [1.807, 2.05) is 5.38 Å². The van der Waals surface area contributed by atoms with E-state index in [0.29, 0.717) is 11.2 Å². The molecule has 1 aromatic rings. The molecule has 0 aliphatic heterocycles. The van der Waals surface area contributed by atoms with Crippen LogP contribution in [0.4, 0.5) is 5.13 Å². The monoisotopic (exact) mass is 233 g/mol. The minimum atomic E-state index is 0.430. The molecule has 1 heterocycles. The summed E-state index contributed by atoms with van der Waals surface area (Å²) in [4.78, 5) is 6.31. The zero-order valence-corrected chi connectivity index (χ0v) is 10.3. The van der Waals surface area contributed by atoms with Crippen LogP contribution in [0, 0.1) is 0 Å². The van der Waals surface area contributed by atoms with Crippen LogP contribution in [0.1, 0.15) is 13.3 Å². The van der Waals surface area contributed by atoms with Crippen molar-refractivity contribution in [1.29, 1.82) is 0 Å². The lowest BCUT2D eigenvalue weighted by Gasteiger charge is -2.15. The van der Waals surface area contributed by atoms with E-state index >= 15 is 0 Å². The minimum absolute atomic E-state index is 0.430.